The molecule has 2 nitrogen and oxygen atoms in total. The van der Waals surface area contributed by atoms with Gasteiger partial charge in [0.05, 0.1) is 0 Å². The van der Waals surface area contributed by atoms with Crippen LogP contribution in [-0.4, -0.2) is 11.1 Å². The Morgan fingerprint density at radius 3 is 1.55 bits per heavy atom. The monoisotopic (exact) mass is 318 g/mol. The Labute approximate surface area is 135 Å². The maximum atomic E-state index is 10.4. The van der Waals surface area contributed by atoms with E-state index in [-0.39, 0.29) is 19.2 Å². The molecule has 0 fully saturated rings. The zero-order valence-corrected chi connectivity index (χ0v) is 15.0. The van der Waals surface area contributed by atoms with E-state index in [2.05, 4.69) is 6.92 Å². The van der Waals surface area contributed by atoms with Crippen molar-refractivity contribution in [1.29, 1.82) is 0 Å². The molecule has 0 aliphatic heterocycles. The number of carbonyl (C=O) groups is 1. The first-order valence-electron chi connectivity index (χ1n) is 8.70. The first-order valence-corrected chi connectivity index (χ1v) is 10.9. The van der Waals surface area contributed by atoms with Crippen LogP contribution in [0.5, 0.6) is 0 Å². The average molecular weight is 318 g/mol. The molecule has 1 N–H and O–H groups in total. The van der Waals surface area contributed by atoms with Gasteiger partial charge in [0.2, 0.25) is 0 Å². The van der Waals surface area contributed by atoms with E-state index in [1.165, 1.54) is 88.2 Å². The number of aliphatic carboxylic acids is 1. The Morgan fingerprint density at radius 1 is 0.750 bits per heavy atom. The minimum absolute atomic E-state index is 0.181. The Kier molecular flexibility index (Phi) is 17.4. The van der Waals surface area contributed by atoms with Crippen molar-refractivity contribution in [2.45, 2.75) is 99.8 Å². The van der Waals surface area contributed by atoms with Crippen molar-refractivity contribution in [3.8, 4) is 0 Å². The zero-order chi connectivity index (χ0) is 14.9. The first kappa shape index (κ1) is 20.2. The van der Waals surface area contributed by atoms with Crippen molar-refractivity contribution in [2.24, 2.45) is 0 Å². The van der Waals surface area contributed by atoms with Gasteiger partial charge < -0.3 is 0 Å². The molecule has 0 radical (unpaired) electrons. The van der Waals surface area contributed by atoms with Crippen LogP contribution in [-0.2, 0) is 23.9 Å². The second-order valence-corrected chi connectivity index (χ2v) is 7.93. The molecule has 0 saturated heterocycles. The summed E-state index contributed by atoms with van der Waals surface area (Å²) in [7, 11) is 0. The van der Waals surface area contributed by atoms with Crippen LogP contribution >= 0.6 is 0 Å². The van der Waals surface area contributed by atoms with Crippen molar-refractivity contribution in [2.75, 3.05) is 0 Å². The fraction of sp³-hybridized carbons (Fsp3) is 0.941. The van der Waals surface area contributed by atoms with E-state index in [0.717, 1.165) is 0 Å². The molecule has 0 rings (SSSR count). The van der Waals surface area contributed by atoms with Gasteiger partial charge in [-0.15, -0.1) is 0 Å². The van der Waals surface area contributed by atoms with Gasteiger partial charge in [0, 0.05) is 0 Å². The fourth-order valence-corrected chi connectivity index (χ4v) is 3.85. The molecule has 118 valence electrons. The predicted molar refractivity (Wildman–Crippen MR) is 82.9 cm³/mol. The third kappa shape index (κ3) is 18.2. The Balaban J connectivity index is 2.94. The normalized spacial score (nSPS) is 10.7. The molecule has 0 unspecified atom stereocenters. The summed E-state index contributed by atoms with van der Waals surface area (Å²) in [4.78, 5) is 10.4. The first-order chi connectivity index (χ1) is 9.77. The summed E-state index contributed by atoms with van der Waals surface area (Å²) in [6.45, 7) is 2.27. The van der Waals surface area contributed by atoms with Crippen molar-refractivity contribution in [3.05, 3.63) is 0 Å². The van der Waals surface area contributed by atoms with Crippen LogP contribution in [0.1, 0.15) is 90.4 Å². The molecule has 0 amide bonds. The van der Waals surface area contributed by atoms with Crippen LogP contribution in [0.25, 0.3) is 0 Å². The summed E-state index contributed by atoms with van der Waals surface area (Å²) >= 11 is -0.181. The van der Waals surface area contributed by atoms with Crippen LogP contribution in [0.15, 0.2) is 0 Å². The van der Waals surface area contributed by atoms with Crippen LogP contribution in [0.3, 0.4) is 0 Å². The average Bonchev–Trinajstić information content (AvgIpc) is 2.43. The van der Waals surface area contributed by atoms with Crippen LogP contribution in [0.2, 0.25) is 9.45 Å². The fourth-order valence-electron chi connectivity index (χ4n) is 2.46. The summed E-state index contributed by atoms with van der Waals surface area (Å²) in [5, 5.41) is 8.55. The second kappa shape index (κ2) is 17.2. The van der Waals surface area contributed by atoms with Crippen molar-refractivity contribution >= 4 is 5.97 Å². The van der Waals surface area contributed by atoms with Gasteiger partial charge in [-0.1, -0.05) is 19.8 Å². The summed E-state index contributed by atoms with van der Waals surface area (Å²) in [6.07, 6.45) is 18.1. The molecule has 0 aliphatic carbocycles. The topological polar surface area (TPSA) is 37.3 Å². The molecular weight excluding hydrogens is 284 g/mol. The van der Waals surface area contributed by atoms with E-state index in [1.807, 2.05) is 0 Å². The predicted octanol–water partition coefficient (Wildman–Crippen LogP) is 6.08. The maximum absolute atomic E-state index is 10.4. The second-order valence-electron chi connectivity index (χ2n) is 5.81. The molecule has 0 aromatic carbocycles. The van der Waals surface area contributed by atoms with Gasteiger partial charge in [0.25, 0.3) is 0 Å². The molecule has 0 bridgehead atoms. The van der Waals surface area contributed by atoms with Crippen molar-refractivity contribution in [1.82, 2.24) is 0 Å². The SMILES string of the molecule is CCCCCCCCCCCCCC[CH2][Ti][CH2]C(=O)O. The number of carboxylic acid groups (broad SMARTS) is 1. The van der Waals surface area contributed by atoms with E-state index in [9.17, 15) is 4.79 Å². The van der Waals surface area contributed by atoms with Gasteiger partial charge in [-0.05, 0) is 0 Å². The number of unbranched alkanes of at least 4 members (excludes halogenated alkanes) is 12. The van der Waals surface area contributed by atoms with E-state index < -0.39 is 5.97 Å². The number of hydrogen-bond acceptors (Lipinski definition) is 1. The van der Waals surface area contributed by atoms with Gasteiger partial charge in [0.1, 0.15) is 0 Å². The van der Waals surface area contributed by atoms with Gasteiger partial charge in [0.15, 0.2) is 0 Å². The molecule has 0 aromatic heterocycles. The molecule has 0 spiro atoms. The van der Waals surface area contributed by atoms with Crippen molar-refractivity contribution < 1.29 is 29.1 Å². The van der Waals surface area contributed by atoms with Gasteiger partial charge in [-0.2, -0.15) is 0 Å². The Morgan fingerprint density at radius 2 is 1.15 bits per heavy atom. The summed E-state index contributed by atoms with van der Waals surface area (Å²) in [5.74, 6) is -0.598. The molecule has 0 heterocycles. The van der Waals surface area contributed by atoms with Crippen LogP contribution in [0, 0.1) is 0 Å². The van der Waals surface area contributed by atoms with Gasteiger partial charge >= 0.3 is 115 Å². The van der Waals surface area contributed by atoms with Crippen LogP contribution in [0.4, 0.5) is 0 Å². The Bertz CT molecular complexity index is 207. The van der Waals surface area contributed by atoms with Crippen LogP contribution < -0.4 is 0 Å². The summed E-state index contributed by atoms with van der Waals surface area (Å²) < 4.78 is 1.68. The zero-order valence-electron chi connectivity index (χ0n) is 13.5. The number of hydrogen-bond donors (Lipinski definition) is 1. The van der Waals surface area contributed by atoms with Crippen molar-refractivity contribution in [3.63, 3.8) is 0 Å². The van der Waals surface area contributed by atoms with E-state index in [0.29, 0.717) is 4.73 Å². The standard InChI is InChI=1S/C15H31.C2H3O2.Ti/c1-3-5-7-9-11-13-15-14-12-10-8-6-4-2;1-2(3)4;/h1,3-15H2,2H3;1H2,(H,3,4);. The summed E-state index contributed by atoms with van der Waals surface area (Å²) in [5.41, 5.74) is 0. The molecule has 3 heteroatoms. The van der Waals surface area contributed by atoms with E-state index in [4.69, 9.17) is 5.11 Å². The van der Waals surface area contributed by atoms with E-state index in [1.54, 1.807) is 0 Å². The molecule has 0 aromatic rings. The quantitative estimate of drug-likeness (QED) is 0.276. The third-order valence-electron chi connectivity index (χ3n) is 3.73. The van der Waals surface area contributed by atoms with Gasteiger partial charge in [-0.3, -0.25) is 0 Å². The molecule has 0 atom stereocenters. The Hall–Kier alpha value is 0.184. The number of rotatable bonds is 16. The summed E-state index contributed by atoms with van der Waals surface area (Å²) in [6, 6.07) is 0. The minimum atomic E-state index is -0.598. The third-order valence-corrected chi connectivity index (χ3v) is 5.70. The molecular formula is C17H34O2Ti. The molecule has 0 saturated carbocycles. The number of carboxylic acids is 1. The molecule has 0 aliphatic rings. The molecule has 20 heavy (non-hydrogen) atoms. The van der Waals surface area contributed by atoms with Gasteiger partial charge in [-0.25, -0.2) is 0 Å². The van der Waals surface area contributed by atoms with E-state index >= 15 is 0 Å².